The summed E-state index contributed by atoms with van der Waals surface area (Å²) in [5, 5.41) is 23.3. The van der Waals surface area contributed by atoms with E-state index in [0.29, 0.717) is 23.7 Å². The molecule has 0 spiro atoms. The predicted molar refractivity (Wildman–Crippen MR) is 383 cm³/mol. The van der Waals surface area contributed by atoms with Gasteiger partial charge in [0, 0.05) is 44.0 Å². The molecular weight excluding hydrogens is 1090 g/mol. The number of hydrogen-bond donors (Lipinski definition) is 1. The van der Waals surface area contributed by atoms with Gasteiger partial charge in [-0.2, -0.15) is 0 Å². The molecule has 15 rings (SSSR count). The Morgan fingerprint density at radius 3 is 1.40 bits per heavy atom. The van der Waals surface area contributed by atoms with E-state index >= 15 is 0 Å². The number of para-hydroxylation sites is 3. The van der Waals surface area contributed by atoms with Crippen molar-refractivity contribution < 1.29 is 9.52 Å². The average Bonchev–Trinajstić information content (AvgIpc) is 0.854. The van der Waals surface area contributed by atoms with E-state index in [4.69, 9.17) is 4.42 Å². The van der Waals surface area contributed by atoms with Gasteiger partial charge >= 0.3 is 0 Å². The molecule has 1 heterocycles. The summed E-state index contributed by atoms with van der Waals surface area (Å²) < 4.78 is 7.50. The highest BCUT2D eigenvalue weighted by atomic mass is 16.3. The van der Waals surface area contributed by atoms with Gasteiger partial charge in [-0.1, -0.05) is 238 Å². The minimum Gasteiger partial charge on any atom is -0.505 e. The maximum Gasteiger partial charge on any atom is 0.159 e. The van der Waals surface area contributed by atoms with Gasteiger partial charge in [0.1, 0.15) is 11.3 Å². The minimum absolute atomic E-state index is 0.265. The standard InChI is InChI=1S/C86H82N2O2/c1-7-56-25-19-33-62(49-56)87(78-43-23-39-67(84(78)89)61-32-21-31-60(51-61)66-37-17-15-35-64(66)54(3)4)80-52-76(58-27-11-9-12-28-58)69-46-48-75-81(53-77(59-29-13-10-14-30-59)70-45-47-74(80)82(69)83(70)75)88(63-34-20-26-57(8-2)50-63)79-44-24-42-73-72-41-22-40-71(85(72)90-86(73)79)68-38-18-16-36-65(68)55(5)6/h15-26,31-55,58-59,89H,7-14,27-30H2,1-6H3. The Bertz CT molecular complexity index is 4820. The van der Waals surface area contributed by atoms with Crippen LogP contribution in [0.15, 0.2) is 217 Å². The number of aromatic hydroxyl groups is 1. The summed E-state index contributed by atoms with van der Waals surface area (Å²) in [6, 6.07) is 79.6. The maximum atomic E-state index is 13.3. The predicted octanol–water partition coefficient (Wildman–Crippen LogP) is 25.6. The molecule has 448 valence electrons. The van der Waals surface area contributed by atoms with Crippen LogP contribution in [0.25, 0.3) is 87.6 Å². The zero-order valence-corrected chi connectivity index (χ0v) is 53.3. The van der Waals surface area contributed by atoms with Crippen molar-refractivity contribution in [2.75, 3.05) is 9.80 Å². The van der Waals surface area contributed by atoms with Crippen molar-refractivity contribution >= 4 is 88.4 Å². The van der Waals surface area contributed by atoms with Crippen molar-refractivity contribution in [2.45, 2.75) is 142 Å². The van der Waals surface area contributed by atoms with Crippen LogP contribution in [0.4, 0.5) is 34.1 Å². The Morgan fingerprint density at radius 2 is 0.822 bits per heavy atom. The third-order valence-corrected chi connectivity index (χ3v) is 20.6. The van der Waals surface area contributed by atoms with Crippen LogP contribution >= 0.6 is 0 Å². The van der Waals surface area contributed by atoms with Crippen molar-refractivity contribution in [3.8, 4) is 39.1 Å². The van der Waals surface area contributed by atoms with Gasteiger partial charge in [0.2, 0.25) is 0 Å². The molecule has 0 radical (unpaired) electrons. The first-order chi connectivity index (χ1) is 44.1. The fourth-order valence-corrected chi connectivity index (χ4v) is 16.0. The van der Waals surface area contributed by atoms with Crippen LogP contribution in [0.5, 0.6) is 5.75 Å². The number of hydrogen-bond acceptors (Lipinski definition) is 4. The van der Waals surface area contributed by atoms with Gasteiger partial charge < -0.3 is 19.3 Å². The highest BCUT2D eigenvalue weighted by molar-refractivity contribution is 6.30. The van der Waals surface area contributed by atoms with Crippen molar-refractivity contribution in [2.24, 2.45) is 0 Å². The molecule has 90 heavy (non-hydrogen) atoms. The molecule has 0 atom stereocenters. The second kappa shape index (κ2) is 24.0. The number of rotatable bonds is 15. The summed E-state index contributed by atoms with van der Waals surface area (Å²) in [7, 11) is 0. The van der Waals surface area contributed by atoms with Crippen LogP contribution in [0.3, 0.4) is 0 Å². The van der Waals surface area contributed by atoms with E-state index in [0.717, 1.165) is 111 Å². The molecule has 4 heteroatoms. The maximum absolute atomic E-state index is 13.3. The van der Waals surface area contributed by atoms with Crippen LogP contribution in [0.1, 0.15) is 163 Å². The van der Waals surface area contributed by atoms with E-state index in [-0.39, 0.29) is 5.75 Å². The molecule has 0 amide bonds. The molecule has 1 N–H and O–H groups in total. The summed E-state index contributed by atoms with van der Waals surface area (Å²) in [4.78, 5) is 4.98. The molecule has 2 aliphatic carbocycles. The van der Waals surface area contributed by atoms with E-state index in [1.54, 1.807) is 0 Å². The van der Waals surface area contributed by atoms with Gasteiger partial charge in [-0.15, -0.1) is 0 Å². The van der Waals surface area contributed by atoms with Crippen LogP contribution in [-0.4, -0.2) is 5.11 Å². The number of phenols is 1. The first-order valence-electron chi connectivity index (χ1n) is 33.8. The Kier molecular flexibility index (Phi) is 15.3. The molecule has 4 nitrogen and oxygen atoms in total. The monoisotopic (exact) mass is 1170 g/mol. The number of furan rings is 1. The van der Waals surface area contributed by atoms with E-state index in [2.05, 4.69) is 264 Å². The number of phenolic OH excluding ortho intramolecular Hbond substituents is 1. The third-order valence-electron chi connectivity index (χ3n) is 20.6. The zero-order valence-electron chi connectivity index (χ0n) is 53.3. The summed E-state index contributed by atoms with van der Waals surface area (Å²) in [5.41, 5.74) is 22.5. The summed E-state index contributed by atoms with van der Waals surface area (Å²) in [6.07, 6.45) is 13.9. The fourth-order valence-electron chi connectivity index (χ4n) is 16.0. The molecule has 0 saturated heterocycles. The van der Waals surface area contributed by atoms with Gasteiger partial charge in [-0.3, -0.25) is 0 Å². The Morgan fingerprint density at radius 1 is 0.378 bits per heavy atom. The molecule has 13 aromatic rings. The SMILES string of the molecule is CCc1cccc(N(c2cccc(-c3cccc(-c4ccccc4C(C)C)c3)c2O)c2cc(C3CCCCC3)c3ccc4c(N(c5cccc(CC)c5)c5cccc6c5oc5c(-c7ccccc7C(C)C)cccc56)cc(C5CCCCC5)c5ccc2c3c54)c1. The molecule has 0 bridgehead atoms. The molecular formula is C86H82N2O2. The molecule has 2 saturated carbocycles. The Balaban J connectivity index is 1.02. The number of anilines is 6. The molecule has 12 aromatic carbocycles. The molecule has 2 fully saturated rings. The number of fused-ring (bicyclic) bond motifs is 3. The average molecular weight is 1180 g/mol. The quantitative estimate of drug-likeness (QED) is 0.104. The molecule has 0 unspecified atom stereocenters. The smallest absolute Gasteiger partial charge is 0.159 e. The minimum atomic E-state index is 0.265. The first kappa shape index (κ1) is 57.3. The van der Waals surface area contributed by atoms with E-state index < -0.39 is 0 Å². The summed E-state index contributed by atoms with van der Waals surface area (Å²) in [5.74, 6) is 1.77. The lowest BCUT2D eigenvalue weighted by atomic mass is 9.77. The fraction of sp³-hybridized carbons (Fsp3) is 0.256. The summed E-state index contributed by atoms with van der Waals surface area (Å²) >= 11 is 0. The number of benzene rings is 12. The lowest BCUT2D eigenvalue weighted by Crippen LogP contribution is -2.15. The van der Waals surface area contributed by atoms with Gasteiger partial charge in [0.05, 0.1) is 22.7 Å². The molecule has 1 aromatic heterocycles. The van der Waals surface area contributed by atoms with Crippen LogP contribution in [-0.2, 0) is 12.8 Å². The lowest BCUT2D eigenvalue weighted by molar-refractivity contribution is 0.445. The largest absolute Gasteiger partial charge is 0.505 e. The third kappa shape index (κ3) is 9.99. The van der Waals surface area contributed by atoms with Crippen LogP contribution < -0.4 is 9.80 Å². The van der Waals surface area contributed by atoms with Crippen LogP contribution in [0, 0.1) is 0 Å². The van der Waals surface area contributed by atoms with Crippen LogP contribution in [0.2, 0.25) is 0 Å². The zero-order chi connectivity index (χ0) is 61.1. The Labute approximate surface area is 531 Å². The normalized spacial score (nSPS) is 14.4. The Hall–Kier alpha value is -9.12. The van der Waals surface area contributed by atoms with Gasteiger partial charge in [-0.05, 0) is 194 Å². The number of nitrogens with zero attached hydrogens (tertiary/aromatic N) is 2. The van der Waals surface area contributed by atoms with Crippen molar-refractivity contribution in [3.05, 3.63) is 246 Å². The molecule has 2 aliphatic rings. The van der Waals surface area contributed by atoms with Crippen molar-refractivity contribution in [1.82, 2.24) is 0 Å². The van der Waals surface area contributed by atoms with Crippen molar-refractivity contribution in [1.29, 1.82) is 0 Å². The summed E-state index contributed by atoms with van der Waals surface area (Å²) in [6.45, 7) is 13.6. The van der Waals surface area contributed by atoms with Gasteiger partial charge in [0.15, 0.2) is 5.58 Å². The van der Waals surface area contributed by atoms with Gasteiger partial charge in [0.25, 0.3) is 0 Å². The van der Waals surface area contributed by atoms with Gasteiger partial charge in [-0.25, -0.2) is 0 Å². The van der Waals surface area contributed by atoms with Crippen molar-refractivity contribution in [3.63, 3.8) is 0 Å². The van der Waals surface area contributed by atoms with E-state index in [1.807, 2.05) is 0 Å². The lowest BCUT2D eigenvalue weighted by Gasteiger charge is -2.33. The molecule has 0 aliphatic heterocycles. The highest BCUT2D eigenvalue weighted by Gasteiger charge is 2.32. The van der Waals surface area contributed by atoms with E-state index in [1.165, 1.54) is 121 Å². The highest BCUT2D eigenvalue weighted by Crippen LogP contribution is 2.56. The van der Waals surface area contributed by atoms with E-state index in [9.17, 15) is 5.11 Å². The first-order valence-corrected chi connectivity index (χ1v) is 33.8. The number of aryl methyl sites for hydroxylation is 2. The second-order valence-corrected chi connectivity index (χ2v) is 26.6. The topological polar surface area (TPSA) is 39.9 Å². The second-order valence-electron chi connectivity index (χ2n) is 26.6.